The Morgan fingerprint density at radius 2 is 2.05 bits per heavy atom. The molecule has 0 fully saturated rings. The molecular weight excluding hydrogens is 274 g/mol. The van der Waals surface area contributed by atoms with Gasteiger partial charge in [0.1, 0.15) is 12.2 Å². The van der Waals surface area contributed by atoms with Gasteiger partial charge in [-0.3, -0.25) is 0 Å². The van der Waals surface area contributed by atoms with Crippen LogP contribution in [0, 0.1) is 5.92 Å². The predicted molar refractivity (Wildman–Crippen MR) is 77.8 cm³/mol. The predicted octanol–water partition coefficient (Wildman–Crippen LogP) is 2.92. The third kappa shape index (κ3) is 3.84. The van der Waals surface area contributed by atoms with Crippen LogP contribution in [0.25, 0.3) is 0 Å². The first-order chi connectivity index (χ1) is 9.56. The molecular formula is C14H17N3O2S. The van der Waals surface area contributed by atoms with Crippen molar-refractivity contribution in [2.24, 2.45) is 5.92 Å². The number of carboxylic acid groups (broad SMARTS) is 1. The van der Waals surface area contributed by atoms with Crippen molar-refractivity contribution in [1.82, 2.24) is 14.8 Å². The van der Waals surface area contributed by atoms with Crippen molar-refractivity contribution in [2.75, 3.05) is 0 Å². The van der Waals surface area contributed by atoms with E-state index in [0.29, 0.717) is 11.5 Å². The number of aromatic carboxylic acids is 1. The topological polar surface area (TPSA) is 68.0 Å². The maximum absolute atomic E-state index is 10.8. The second-order valence-electron chi connectivity index (χ2n) is 4.87. The molecule has 0 spiro atoms. The summed E-state index contributed by atoms with van der Waals surface area (Å²) in [4.78, 5) is 16.1. The minimum atomic E-state index is -0.904. The highest BCUT2D eigenvalue weighted by Gasteiger charge is 2.07. The van der Waals surface area contributed by atoms with Crippen LogP contribution in [0.4, 0.5) is 0 Å². The van der Waals surface area contributed by atoms with Gasteiger partial charge in [-0.25, -0.2) is 14.5 Å². The molecule has 2 aromatic rings. The SMILES string of the molecule is CC(C)Cn1ncnc1CSc1ccc(C(=O)O)cc1. The van der Waals surface area contributed by atoms with Crippen LogP contribution in [0.15, 0.2) is 35.5 Å². The molecule has 106 valence electrons. The Kier molecular flexibility index (Phi) is 4.79. The lowest BCUT2D eigenvalue weighted by Crippen LogP contribution is -2.09. The summed E-state index contributed by atoms with van der Waals surface area (Å²) < 4.78 is 1.92. The zero-order valence-corrected chi connectivity index (χ0v) is 12.3. The molecule has 0 aliphatic rings. The second-order valence-corrected chi connectivity index (χ2v) is 5.92. The van der Waals surface area contributed by atoms with Crippen molar-refractivity contribution in [1.29, 1.82) is 0 Å². The van der Waals surface area contributed by atoms with E-state index in [2.05, 4.69) is 23.9 Å². The number of nitrogens with zero attached hydrogens (tertiary/aromatic N) is 3. The fourth-order valence-corrected chi connectivity index (χ4v) is 2.59. The van der Waals surface area contributed by atoms with E-state index in [-0.39, 0.29) is 0 Å². The largest absolute Gasteiger partial charge is 0.478 e. The third-order valence-electron chi connectivity index (χ3n) is 2.70. The molecule has 0 atom stereocenters. The highest BCUT2D eigenvalue weighted by Crippen LogP contribution is 2.22. The quantitative estimate of drug-likeness (QED) is 0.829. The summed E-state index contributed by atoms with van der Waals surface area (Å²) in [5.74, 6) is 1.28. The number of benzene rings is 1. The van der Waals surface area contributed by atoms with E-state index in [1.165, 1.54) is 0 Å². The Balaban J connectivity index is 1.98. The van der Waals surface area contributed by atoms with Gasteiger partial charge in [-0.15, -0.1) is 11.8 Å². The lowest BCUT2D eigenvalue weighted by Gasteiger charge is -2.08. The molecule has 1 aromatic carbocycles. The Hall–Kier alpha value is -1.82. The van der Waals surface area contributed by atoms with Crippen LogP contribution in [-0.4, -0.2) is 25.8 Å². The average Bonchev–Trinajstić information content (AvgIpc) is 2.83. The molecule has 2 rings (SSSR count). The summed E-state index contributed by atoms with van der Waals surface area (Å²) in [7, 11) is 0. The molecule has 0 radical (unpaired) electrons. The summed E-state index contributed by atoms with van der Waals surface area (Å²) in [6.07, 6.45) is 1.58. The van der Waals surface area contributed by atoms with Crippen molar-refractivity contribution in [3.05, 3.63) is 42.0 Å². The molecule has 1 aromatic heterocycles. The second kappa shape index (κ2) is 6.56. The minimum absolute atomic E-state index is 0.303. The van der Waals surface area contributed by atoms with E-state index < -0.39 is 5.97 Å². The Morgan fingerprint density at radius 1 is 1.35 bits per heavy atom. The van der Waals surface area contributed by atoms with Gasteiger partial charge in [0.05, 0.1) is 11.3 Å². The lowest BCUT2D eigenvalue weighted by molar-refractivity contribution is 0.0697. The lowest BCUT2D eigenvalue weighted by atomic mass is 10.2. The van der Waals surface area contributed by atoms with Crippen LogP contribution in [0.1, 0.15) is 30.0 Å². The average molecular weight is 291 g/mol. The molecule has 5 nitrogen and oxygen atoms in total. The maximum atomic E-state index is 10.8. The van der Waals surface area contributed by atoms with Crippen LogP contribution >= 0.6 is 11.8 Å². The molecule has 0 saturated heterocycles. The molecule has 0 aliphatic carbocycles. The van der Waals surface area contributed by atoms with E-state index in [1.807, 2.05) is 16.8 Å². The standard InChI is InChI=1S/C14H17N3O2S/c1-10(2)7-17-13(15-9-16-17)8-20-12-5-3-11(4-6-12)14(18)19/h3-6,9-10H,7-8H2,1-2H3,(H,18,19). The van der Waals surface area contributed by atoms with Gasteiger partial charge in [-0.05, 0) is 30.2 Å². The van der Waals surface area contributed by atoms with Crippen molar-refractivity contribution in [2.45, 2.75) is 31.0 Å². The monoisotopic (exact) mass is 291 g/mol. The molecule has 0 aliphatic heterocycles. The van der Waals surface area contributed by atoms with Crippen molar-refractivity contribution < 1.29 is 9.90 Å². The molecule has 1 heterocycles. The molecule has 0 bridgehead atoms. The van der Waals surface area contributed by atoms with E-state index in [9.17, 15) is 4.79 Å². The van der Waals surface area contributed by atoms with Gasteiger partial charge in [0.25, 0.3) is 0 Å². The smallest absolute Gasteiger partial charge is 0.335 e. The van der Waals surface area contributed by atoms with Gasteiger partial charge in [-0.2, -0.15) is 5.10 Å². The molecule has 20 heavy (non-hydrogen) atoms. The van der Waals surface area contributed by atoms with E-state index in [1.54, 1.807) is 30.2 Å². The fraction of sp³-hybridized carbons (Fsp3) is 0.357. The van der Waals surface area contributed by atoms with Gasteiger partial charge in [0.2, 0.25) is 0 Å². The summed E-state index contributed by atoms with van der Waals surface area (Å²) in [6, 6.07) is 6.86. The maximum Gasteiger partial charge on any atom is 0.335 e. The van der Waals surface area contributed by atoms with Crippen LogP contribution in [0.5, 0.6) is 0 Å². The minimum Gasteiger partial charge on any atom is -0.478 e. The Labute approximate surface area is 122 Å². The highest BCUT2D eigenvalue weighted by molar-refractivity contribution is 7.98. The number of carboxylic acids is 1. The van der Waals surface area contributed by atoms with Gasteiger partial charge >= 0.3 is 5.97 Å². The Morgan fingerprint density at radius 3 is 2.65 bits per heavy atom. The van der Waals surface area contributed by atoms with Gasteiger partial charge in [-0.1, -0.05) is 13.8 Å². The normalized spacial score (nSPS) is 10.9. The zero-order chi connectivity index (χ0) is 14.5. The van der Waals surface area contributed by atoms with Crippen LogP contribution in [-0.2, 0) is 12.3 Å². The van der Waals surface area contributed by atoms with Crippen molar-refractivity contribution in [3.8, 4) is 0 Å². The van der Waals surface area contributed by atoms with Crippen molar-refractivity contribution >= 4 is 17.7 Å². The molecule has 0 saturated carbocycles. The van der Waals surface area contributed by atoms with E-state index in [4.69, 9.17) is 5.11 Å². The van der Waals surface area contributed by atoms with Crippen LogP contribution in [0.2, 0.25) is 0 Å². The molecule has 0 amide bonds. The molecule has 0 unspecified atom stereocenters. The van der Waals surface area contributed by atoms with Gasteiger partial charge in [0, 0.05) is 11.4 Å². The van der Waals surface area contributed by atoms with Crippen molar-refractivity contribution in [3.63, 3.8) is 0 Å². The summed E-state index contributed by atoms with van der Waals surface area (Å²) in [6.45, 7) is 5.14. The number of aromatic nitrogens is 3. The van der Waals surface area contributed by atoms with Gasteiger partial charge in [0.15, 0.2) is 0 Å². The summed E-state index contributed by atoms with van der Waals surface area (Å²) >= 11 is 1.62. The van der Waals surface area contributed by atoms with E-state index in [0.717, 1.165) is 23.0 Å². The Bertz CT molecular complexity index is 578. The number of hydrogen-bond acceptors (Lipinski definition) is 4. The number of rotatable bonds is 6. The van der Waals surface area contributed by atoms with Gasteiger partial charge < -0.3 is 5.11 Å². The molecule has 6 heteroatoms. The summed E-state index contributed by atoms with van der Waals surface area (Å²) in [5, 5.41) is 13.1. The van der Waals surface area contributed by atoms with Crippen LogP contribution < -0.4 is 0 Å². The highest BCUT2D eigenvalue weighted by atomic mass is 32.2. The first kappa shape index (κ1) is 14.6. The zero-order valence-electron chi connectivity index (χ0n) is 11.5. The van der Waals surface area contributed by atoms with Crippen LogP contribution in [0.3, 0.4) is 0 Å². The number of hydrogen-bond donors (Lipinski definition) is 1. The first-order valence-corrected chi connectivity index (χ1v) is 7.37. The molecule has 1 N–H and O–H groups in total. The first-order valence-electron chi connectivity index (χ1n) is 6.39. The number of thioether (sulfide) groups is 1. The third-order valence-corrected chi connectivity index (χ3v) is 3.71. The van der Waals surface area contributed by atoms with E-state index >= 15 is 0 Å². The number of carbonyl (C=O) groups is 1. The summed E-state index contributed by atoms with van der Waals surface area (Å²) in [5.41, 5.74) is 0.303. The fourth-order valence-electron chi connectivity index (χ4n) is 1.74.